The number of thiophene rings is 2. The first-order valence-electron chi connectivity index (χ1n) is 9.86. The van der Waals surface area contributed by atoms with Gasteiger partial charge in [0.1, 0.15) is 0 Å². The lowest BCUT2D eigenvalue weighted by molar-refractivity contribution is 0.0697. The summed E-state index contributed by atoms with van der Waals surface area (Å²) in [5, 5.41) is 25.0. The zero-order chi connectivity index (χ0) is 23.1. The van der Waals surface area contributed by atoms with E-state index in [0.29, 0.717) is 10.9 Å². The van der Waals surface area contributed by atoms with Crippen molar-refractivity contribution < 1.29 is 15.0 Å². The van der Waals surface area contributed by atoms with E-state index in [2.05, 4.69) is 9.97 Å². The fourth-order valence-electron chi connectivity index (χ4n) is 3.74. The summed E-state index contributed by atoms with van der Waals surface area (Å²) < 4.78 is 1.89. The van der Waals surface area contributed by atoms with Crippen LogP contribution in [-0.2, 0) is 6.61 Å². The van der Waals surface area contributed by atoms with Gasteiger partial charge in [-0.25, -0.2) is 4.79 Å². The molecular formula is C24H16N2O5S2. The summed E-state index contributed by atoms with van der Waals surface area (Å²) in [4.78, 5) is 39.9. The van der Waals surface area contributed by atoms with Crippen molar-refractivity contribution in [1.29, 1.82) is 0 Å². The highest BCUT2D eigenvalue weighted by Gasteiger charge is 2.09. The molecule has 0 aliphatic carbocycles. The highest BCUT2D eigenvalue weighted by atomic mass is 32.1. The molecule has 164 valence electrons. The quantitative estimate of drug-likeness (QED) is 0.289. The average Bonchev–Trinajstić information content (AvgIpc) is 3.50. The number of carboxylic acid groups (broad SMARTS) is 1. The minimum atomic E-state index is -1.00. The molecule has 6 aromatic rings. The molecule has 0 unspecified atom stereocenters. The predicted octanol–water partition coefficient (Wildman–Crippen LogP) is 4.68. The van der Waals surface area contributed by atoms with Gasteiger partial charge in [0.05, 0.1) is 34.0 Å². The maximum absolute atomic E-state index is 11.7. The van der Waals surface area contributed by atoms with Crippen molar-refractivity contribution in [2.45, 2.75) is 6.61 Å². The molecule has 9 heteroatoms. The lowest BCUT2D eigenvalue weighted by atomic mass is 10.1. The lowest BCUT2D eigenvalue weighted by Gasteiger charge is -2.01. The number of aliphatic hydroxyl groups is 1. The summed E-state index contributed by atoms with van der Waals surface area (Å²) in [6.07, 6.45) is 0. The number of carboxylic acids is 1. The van der Waals surface area contributed by atoms with Crippen LogP contribution >= 0.6 is 22.7 Å². The van der Waals surface area contributed by atoms with Crippen LogP contribution in [0.15, 0.2) is 68.9 Å². The number of H-pyrrole nitrogens is 2. The van der Waals surface area contributed by atoms with Crippen molar-refractivity contribution in [3.8, 4) is 0 Å². The van der Waals surface area contributed by atoms with Crippen LogP contribution < -0.4 is 11.1 Å². The number of fused-ring (bicyclic) bond motifs is 6. The summed E-state index contributed by atoms with van der Waals surface area (Å²) in [5.74, 6) is -1.00. The average molecular weight is 477 g/mol. The van der Waals surface area contributed by atoms with E-state index in [0.717, 1.165) is 36.6 Å². The molecule has 33 heavy (non-hydrogen) atoms. The van der Waals surface area contributed by atoms with E-state index in [4.69, 9.17) is 10.2 Å². The lowest BCUT2D eigenvalue weighted by Crippen LogP contribution is -2.05. The van der Waals surface area contributed by atoms with Crippen molar-refractivity contribution in [2.24, 2.45) is 0 Å². The first-order chi connectivity index (χ1) is 16.0. The van der Waals surface area contributed by atoms with Crippen molar-refractivity contribution >= 4 is 70.6 Å². The van der Waals surface area contributed by atoms with Crippen LogP contribution in [-0.4, -0.2) is 26.2 Å². The highest BCUT2D eigenvalue weighted by molar-refractivity contribution is 7.18. The van der Waals surface area contributed by atoms with Crippen LogP contribution in [0.5, 0.6) is 0 Å². The second kappa shape index (κ2) is 8.28. The fraction of sp³-hybridized carbons (Fsp3) is 0.0417. The second-order valence-electron chi connectivity index (χ2n) is 7.34. The molecule has 0 spiro atoms. The Morgan fingerprint density at radius 2 is 1.30 bits per heavy atom. The predicted molar refractivity (Wildman–Crippen MR) is 133 cm³/mol. The topological polar surface area (TPSA) is 123 Å². The van der Waals surface area contributed by atoms with E-state index >= 15 is 0 Å². The van der Waals surface area contributed by atoms with Crippen molar-refractivity contribution in [3.05, 3.63) is 91.1 Å². The molecule has 4 N–H and O–H groups in total. The molecule has 2 aromatic carbocycles. The van der Waals surface area contributed by atoms with Crippen LogP contribution in [0.3, 0.4) is 0 Å². The van der Waals surface area contributed by atoms with E-state index < -0.39 is 5.97 Å². The van der Waals surface area contributed by atoms with Gasteiger partial charge in [-0.1, -0.05) is 18.2 Å². The standard InChI is InChI=1S/C12H7NO3S.C12H9NO2S/c14-11-8-3-4-17-10(8)7-2-1-6(12(15)16)5-9(7)13-11;14-6-7-1-2-8-10(5-7)13-12(15)9-3-4-16-11(8)9/h1-5H,(H,13,14)(H,15,16);1-5,14H,6H2,(H,13,15). The van der Waals surface area contributed by atoms with E-state index in [1.165, 1.54) is 17.4 Å². The Bertz CT molecular complexity index is 1790. The molecule has 0 saturated carbocycles. The van der Waals surface area contributed by atoms with Gasteiger partial charge in [-0.15, -0.1) is 22.7 Å². The summed E-state index contributed by atoms with van der Waals surface area (Å²) in [5.41, 5.74) is 2.06. The van der Waals surface area contributed by atoms with Gasteiger partial charge in [0.15, 0.2) is 0 Å². The first-order valence-corrected chi connectivity index (χ1v) is 11.6. The molecule has 0 aliphatic heterocycles. The van der Waals surface area contributed by atoms with Gasteiger partial charge in [0, 0.05) is 20.2 Å². The zero-order valence-electron chi connectivity index (χ0n) is 16.9. The Labute approximate surface area is 193 Å². The molecule has 7 nitrogen and oxygen atoms in total. The molecule has 0 amide bonds. The first kappa shape index (κ1) is 21.1. The van der Waals surface area contributed by atoms with Crippen molar-refractivity contribution in [3.63, 3.8) is 0 Å². The van der Waals surface area contributed by atoms with Gasteiger partial charge >= 0.3 is 5.97 Å². The smallest absolute Gasteiger partial charge is 0.335 e. The molecule has 0 radical (unpaired) electrons. The number of aromatic carboxylic acids is 1. The number of hydrogen-bond acceptors (Lipinski definition) is 6. The van der Waals surface area contributed by atoms with Crippen LogP contribution in [0.4, 0.5) is 0 Å². The van der Waals surface area contributed by atoms with Crippen LogP contribution in [0.1, 0.15) is 15.9 Å². The van der Waals surface area contributed by atoms with E-state index in [-0.39, 0.29) is 23.3 Å². The molecule has 0 fully saturated rings. The Hall–Kier alpha value is -3.79. The van der Waals surface area contributed by atoms with Crippen molar-refractivity contribution in [2.75, 3.05) is 0 Å². The van der Waals surface area contributed by atoms with Crippen LogP contribution in [0.25, 0.3) is 42.0 Å². The Kier molecular flexibility index (Phi) is 5.29. The van der Waals surface area contributed by atoms with Gasteiger partial charge in [-0.05, 0) is 46.7 Å². The summed E-state index contributed by atoms with van der Waals surface area (Å²) in [6.45, 7) is -0.0134. The van der Waals surface area contributed by atoms with E-state index in [1.807, 2.05) is 35.0 Å². The van der Waals surface area contributed by atoms with Gasteiger partial charge in [0.25, 0.3) is 11.1 Å². The zero-order valence-corrected chi connectivity index (χ0v) is 18.5. The number of hydrogen-bond donors (Lipinski definition) is 4. The maximum atomic E-state index is 11.7. The third-order valence-corrected chi connectivity index (χ3v) is 7.23. The highest BCUT2D eigenvalue weighted by Crippen LogP contribution is 2.27. The third kappa shape index (κ3) is 3.72. The number of pyridine rings is 2. The third-order valence-electron chi connectivity index (χ3n) is 5.34. The molecule has 4 aromatic heterocycles. The largest absolute Gasteiger partial charge is 0.478 e. The monoisotopic (exact) mass is 476 g/mol. The van der Waals surface area contributed by atoms with E-state index in [9.17, 15) is 14.4 Å². The summed E-state index contributed by atoms with van der Waals surface area (Å²) >= 11 is 3.04. The molecule has 0 saturated heterocycles. The Morgan fingerprint density at radius 1 is 0.758 bits per heavy atom. The molecule has 0 aliphatic rings. The number of carbonyl (C=O) groups is 1. The fourth-order valence-corrected chi connectivity index (χ4v) is 5.61. The number of benzene rings is 2. The maximum Gasteiger partial charge on any atom is 0.335 e. The molecule has 6 rings (SSSR count). The molecule has 4 heterocycles. The van der Waals surface area contributed by atoms with Gasteiger partial charge in [0.2, 0.25) is 0 Å². The van der Waals surface area contributed by atoms with Gasteiger partial charge < -0.3 is 20.2 Å². The number of nitrogens with one attached hydrogen (secondary N) is 2. The minimum Gasteiger partial charge on any atom is -0.478 e. The van der Waals surface area contributed by atoms with Gasteiger partial charge in [-0.2, -0.15) is 0 Å². The Morgan fingerprint density at radius 3 is 1.85 bits per heavy atom. The second-order valence-corrected chi connectivity index (χ2v) is 9.17. The number of aromatic amines is 2. The number of rotatable bonds is 2. The Balaban J connectivity index is 0.000000139. The number of aromatic nitrogens is 2. The van der Waals surface area contributed by atoms with Gasteiger partial charge in [-0.3, -0.25) is 9.59 Å². The summed E-state index contributed by atoms with van der Waals surface area (Å²) in [6, 6.07) is 14.0. The SMILES string of the molecule is O=C(O)c1ccc2c(c1)[nH]c(=O)c1ccsc12.O=c1[nH]c2cc(CO)ccc2c2sccc12. The normalized spacial score (nSPS) is 11.2. The van der Waals surface area contributed by atoms with Crippen molar-refractivity contribution in [1.82, 2.24) is 9.97 Å². The van der Waals surface area contributed by atoms with Crippen LogP contribution in [0, 0.1) is 0 Å². The minimum absolute atomic E-state index is 0.0134. The van der Waals surface area contributed by atoms with Crippen LogP contribution in [0.2, 0.25) is 0 Å². The summed E-state index contributed by atoms with van der Waals surface area (Å²) in [7, 11) is 0. The molecular weight excluding hydrogens is 460 g/mol. The number of aliphatic hydroxyl groups excluding tert-OH is 1. The van der Waals surface area contributed by atoms with E-state index in [1.54, 1.807) is 29.5 Å². The molecule has 0 bridgehead atoms. The molecule has 0 atom stereocenters.